The van der Waals surface area contributed by atoms with Gasteiger partial charge in [-0.05, 0) is 72.5 Å². The maximum atomic E-state index is 14.4. The van der Waals surface area contributed by atoms with Crippen LogP contribution in [0.25, 0.3) is 0 Å². The summed E-state index contributed by atoms with van der Waals surface area (Å²) in [6, 6.07) is 27.0. The van der Waals surface area contributed by atoms with Gasteiger partial charge in [-0.2, -0.15) is 0 Å². The first kappa shape index (κ1) is 33.9. The highest BCUT2D eigenvalue weighted by Gasteiger charge is 2.34. The summed E-state index contributed by atoms with van der Waals surface area (Å²) >= 11 is 3.44. The Morgan fingerprint density at radius 2 is 1.47 bits per heavy atom. The number of carbonyl (C=O) groups is 2. The number of nitrogens with zero attached hydrogens (tertiary/aromatic N) is 2. The van der Waals surface area contributed by atoms with Crippen molar-refractivity contribution in [3.05, 3.63) is 130 Å². The Labute approximate surface area is 273 Å². The molecular formula is C35H37BrFN3O4S. The molecule has 1 N–H and O–H groups in total. The molecule has 0 heterocycles. The van der Waals surface area contributed by atoms with Gasteiger partial charge in [0.1, 0.15) is 18.4 Å². The SMILES string of the molecule is Cc1ccc(S(=O)(=O)N(CC(=O)N(Cc2ccc(Br)cc2)[C@@H](Cc2ccccc2)C(=O)NCC(C)C)c2ccc(F)cc2)cc1. The van der Waals surface area contributed by atoms with Crippen LogP contribution < -0.4 is 9.62 Å². The van der Waals surface area contributed by atoms with Gasteiger partial charge in [0, 0.05) is 24.0 Å². The summed E-state index contributed by atoms with van der Waals surface area (Å²) in [7, 11) is -4.26. The topological polar surface area (TPSA) is 86.8 Å². The number of sulfonamides is 1. The predicted molar refractivity (Wildman–Crippen MR) is 179 cm³/mol. The molecule has 4 aromatic rings. The molecule has 0 fully saturated rings. The summed E-state index contributed by atoms with van der Waals surface area (Å²) in [5.41, 5.74) is 2.60. The maximum Gasteiger partial charge on any atom is 0.264 e. The van der Waals surface area contributed by atoms with Gasteiger partial charge in [0.15, 0.2) is 0 Å². The van der Waals surface area contributed by atoms with Crippen molar-refractivity contribution in [1.82, 2.24) is 10.2 Å². The van der Waals surface area contributed by atoms with Crippen LogP contribution in [0.15, 0.2) is 112 Å². The third kappa shape index (κ3) is 9.25. The summed E-state index contributed by atoms with van der Waals surface area (Å²) < 4.78 is 43.8. The van der Waals surface area contributed by atoms with Crippen molar-refractivity contribution in [2.75, 3.05) is 17.4 Å². The molecule has 0 aromatic heterocycles. The molecule has 236 valence electrons. The van der Waals surface area contributed by atoms with Crippen molar-refractivity contribution < 1.29 is 22.4 Å². The molecule has 0 bridgehead atoms. The summed E-state index contributed by atoms with van der Waals surface area (Å²) in [4.78, 5) is 29.7. The first-order chi connectivity index (χ1) is 21.4. The Balaban J connectivity index is 1.79. The number of amides is 2. The number of carbonyl (C=O) groups excluding carboxylic acids is 2. The smallest absolute Gasteiger partial charge is 0.264 e. The molecule has 0 spiro atoms. The number of hydrogen-bond donors (Lipinski definition) is 1. The molecule has 4 rings (SSSR count). The molecule has 0 aliphatic heterocycles. The highest BCUT2D eigenvalue weighted by molar-refractivity contribution is 9.10. The van der Waals surface area contributed by atoms with E-state index in [1.54, 1.807) is 12.1 Å². The van der Waals surface area contributed by atoms with Gasteiger partial charge in [-0.3, -0.25) is 13.9 Å². The number of benzene rings is 4. The lowest BCUT2D eigenvalue weighted by Crippen LogP contribution is -2.53. The molecule has 0 radical (unpaired) electrons. The average Bonchev–Trinajstić information content (AvgIpc) is 3.02. The number of hydrogen-bond acceptors (Lipinski definition) is 4. The predicted octanol–water partition coefficient (Wildman–Crippen LogP) is 6.50. The van der Waals surface area contributed by atoms with Crippen molar-refractivity contribution in [3.8, 4) is 0 Å². The molecule has 1 atom stereocenters. The van der Waals surface area contributed by atoms with E-state index in [-0.39, 0.29) is 35.4 Å². The lowest BCUT2D eigenvalue weighted by Gasteiger charge is -2.34. The van der Waals surface area contributed by atoms with Crippen molar-refractivity contribution in [2.45, 2.75) is 44.7 Å². The first-order valence-electron chi connectivity index (χ1n) is 14.6. The zero-order valence-electron chi connectivity index (χ0n) is 25.5. The third-order valence-corrected chi connectivity index (χ3v) is 9.54. The number of rotatable bonds is 13. The van der Waals surface area contributed by atoms with Gasteiger partial charge in [0.25, 0.3) is 10.0 Å². The number of aryl methyl sites for hydroxylation is 1. The third-order valence-electron chi connectivity index (χ3n) is 7.22. The Hall–Kier alpha value is -4.02. The number of nitrogens with one attached hydrogen (secondary N) is 1. The second kappa shape index (κ2) is 15.3. The Morgan fingerprint density at radius 3 is 2.07 bits per heavy atom. The van der Waals surface area contributed by atoms with E-state index in [0.29, 0.717) is 6.54 Å². The first-order valence-corrected chi connectivity index (χ1v) is 16.9. The van der Waals surface area contributed by atoms with E-state index in [9.17, 15) is 22.4 Å². The van der Waals surface area contributed by atoms with Gasteiger partial charge in [0.2, 0.25) is 11.8 Å². The fourth-order valence-corrected chi connectivity index (χ4v) is 6.42. The van der Waals surface area contributed by atoms with Gasteiger partial charge >= 0.3 is 0 Å². The molecule has 0 aliphatic carbocycles. The van der Waals surface area contributed by atoms with E-state index < -0.39 is 34.3 Å². The summed E-state index contributed by atoms with van der Waals surface area (Å²) in [6.45, 7) is 5.66. The van der Waals surface area contributed by atoms with E-state index in [2.05, 4.69) is 21.2 Å². The van der Waals surface area contributed by atoms with E-state index in [0.717, 1.165) is 37.6 Å². The van der Waals surface area contributed by atoms with Crippen LogP contribution in [-0.2, 0) is 32.6 Å². The lowest BCUT2D eigenvalue weighted by atomic mass is 10.0. The fourth-order valence-electron chi connectivity index (χ4n) is 4.74. The molecule has 0 unspecified atom stereocenters. The Kier molecular flexibility index (Phi) is 11.5. The summed E-state index contributed by atoms with van der Waals surface area (Å²) in [5, 5.41) is 2.97. The average molecular weight is 695 g/mol. The zero-order chi connectivity index (χ0) is 32.6. The van der Waals surface area contributed by atoms with Crippen molar-refractivity contribution >= 4 is 43.5 Å². The van der Waals surface area contributed by atoms with Crippen molar-refractivity contribution in [3.63, 3.8) is 0 Å². The van der Waals surface area contributed by atoms with Crippen LogP contribution in [0.4, 0.5) is 10.1 Å². The van der Waals surface area contributed by atoms with E-state index in [1.807, 2.05) is 75.4 Å². The van der Waals surface area contributed by atoms with Crippen molar-refractivity contribution in [2.24, 2.45) is 5.92 Å². The molecule has 4 aromatic carbocycles. The van der Waals surface area contributed by atoms with Crippen LogP contribution in [-0.4, -0.2) is 44.3 Å². The molecule has 0 saturated carbocycles. The van der Waals surface area contributed by atoms with E-state index >= 15 is 0 Å². The minimum atomic E-state index is -4.26. The largest absolute Gasteiger partial charge is 0.354 e. The molecule has 45 heavy (non-hydrogen) atoms. The van der Waals surface area contributed by atoms with Crippen LogP contribution >= 0.6 is 15.9 Å². The standard InChI is InChI=1S/C35H37BrFN3O4S/c1-25(2)22-38-35(42)33(21-27-7-5-4-6-8-27)39(23-28-11-13-29(36)14-12-28)34(41)24-40(31-17-15-30(37)16-18-31)45(43,44)32-19-9-26(3)10-20-32/h4-20,25,33H,21-24H2,1-3H3,(H,38,42)/t33-/m0/s1. The van der Waals surface area contributed by atoms with Gasteiger partial charge < -0.3 is 10.2 Å². The summed E-state index contributed by atoms with van der Waals surface area (Å²) in [5.74, 6) is -1.29. The van der Waals surface area contributed by atoms with Crippen LogP contribution in [0.5, 0.6) is 0 Å². The molecule has 0 aliphatic rings. The van der Waals surface area contributed by atoms with Gasteiger partial charge in [-0.15, -0.1) is 0 Å². The van der Waals surface area contributed by atoms with Crippen LogP contribution in [0.1, 0.15) is 30.5 Å². The molecule has 0 saturated heterocycles. The molecular weight excluding hydrogens is 657 g/mol. The van der Waals surface area contributed by atoms with Gasteiger partial charge in [-0.25, -0.2) is 12.8 Å². The monoisotopic (exact) mass is 693 g/mol. The summed E-state index contributed by atoms with van der Waals surface area (Å²) in [6.07, 6.45) is 0.217. The zero-order valence-corrected chi connectivity index (χ0v) is 27.9. The Morgan fingerprint density at radius 1 is 0.844 bits per heavy atom. The Bertz CT molecular complexity index is 1680. The van der Waals surface area contributed by atoms with Crippen LogP contribution in [0.3, 0.4) is 0 Å². The van der Waals surface area contributed by atoms with Crippen LogP contribution in [0.2, 0.25) is 0 Å². The fraction of sp³-hybridized carbons (Fsp3) is 0.257. The maximum absolute atomic E-state index is 14.4. The second-order valence-electron chi connectivity index (χ2n) is 11.3. The van der Waals surface area contributed by atoms with Crippen molar-refractivity contribution in [1.29, 1.82) is 0 Å². The quantitative estimate of drug-likeness (QED) is 0.173. The molecule has 7 nitrogen and oxygen atoms in total. The second-order valence-corrected chi connectivity index (χ2v) is 14.1. The van der Waals surface area contributed by atoms with Gasteiger partial charge in [0.05, 0.1) is 10.6 Å². The minimum absolute atomic E-state index is 0.0137. The molecule has 10 heteroatoms. The molecule has 2 amide bonds. The number of halogens is 2. The van der Waals surface area contributed by atoms with Gasteiger partial charge in [-0.1, -0.05) is 89.9 Å². The van der Waals surface area contributed by atoms with E-state index in [1.165, 1.54) is 29.2 Å². The lowest BCUT2D eigenvalue weighted by molar-refractivity contribution is -0.140. The highest BCUT2D eigenvalue weighted by Crippen LogP contribution is 2.26. The highest BCUT2D eigenvalue weighted by atomic mass is 79.9. The van der Waals surface area contributed by atoms with Crippen LogP contribution in [0, 0.1) is 18.7 Å². The number of anilines is 1. The normalized spacial score (nSPS) is 12.0. The van der Waals surface area contributed by atoms with E-state index in [4.69, 9.17) is 0 Å². The minimum Gasteiger partial charge on any atom is -0.354 e.